The molecule has 2 saturated heterocycles. The molecule has 0 aliphatic carbocycles. The van der Waals surface area contributed by atoms with Gasteiger partial charge in [0, 0.05) is 62.6 Å². The van der Waals surface area contributed by atoms with Gasteiger partial charge in [0.15, 0.2) is 0 Å². The Morgan fingerprint density at radius 2 is 2.03 bits per heavy atom. The van der Waals surface area contributed by atoms with E-state index in [0.29, 0.717) is 31.1 Å². The van der Waals surface area contributed by atoms with E-state index in [0.717, 1.165) is 50.5 Å². The van der Waals surface area contributed by atoms with Gasteiger partial charge in [0.1, 0.15) is 12.2 Å². The average molecular weight is 437 g/mol. The molecule has 1 spiro atoms. The van der Waals surface area contributed by atoms with Crippen LogP contribution >= 0.6 is 0 Å². The van der Waals surface area contributed by atoms with Crippen LogP contribution in [0.4, 0.5) is 0 Å². The standard InChI is InChI=1S/C23H28N6O3/c1-2-28-16-24-26-22(28)18-14-29(15-23(18)10-12-31-13-11-23)20(30)9-8-19-25-21(27-32-19)17-6-4-3-5-7-17/h3-7,16,18H,2,8-15H2,1H3. The van der Waals surface area contributed by atoms with Gasteiger partial charge >= 0.3 is 0 Å². The van der Waals surface area contributed by atoms with Crippen molar-refractivity contribution >= 4 is 5.91 Å². The molecule has 1 amide bonds. The quantitative estimate of drug-likeness (QED) is 0.586. The largest absolute Gasteiger partial charge is 0.381 e. The minimum absolute atomic E-state index is 0.00116. The van der Waals surface area contributed by atoms with Crippen molar-refractivity contribution in [2.24, 2.45) is 5.41 Å². The molecule has 32 heavy (non-hydrogen) atoms. The number of carbonyl (C=O) groups is 1. The van der Waals surface area contributed by atoms with Crippen LogP contribution in [0.1, 0.15) is 43.8 Å². The summed E-state index contributed by atoms with van der Waals surface area (Å²) in [7, 11) is 0. The maximum absolute atomic E-state index is 13.2. The zero-order chi connectivity index (χ0) is 22.0. The zero-order valence-corrected chi connectivity index (χ0v) is 18.3. The molecule has 2 aliphatic heterocycles. The van der Waals surface area contributed by atoms with Crippen molar-refractivity contribution in [2.75, 3.05) is 26.3 Å². The Morgan fingerprint density at radius 1 is 1.22 bits per heavy atom. The second-order valence-electron chi connectivity index (χ2n) is 8.65. The highest BCUT2D eigenvalue weighted by molar-refractivity contribution is 5.77. The van der Waals surface area contributed by atoms with Gasteiger partial charge < -0.3 is 18.7 Å². The number of hydrogen-bond acceptors (Lipinski definition) is 7. The van der Waals surface area contributed by atoms with Gasteiger partial charge in [0.2, 0.25) is 17.6 Å². The second-order valence-corrected chi connectivity index (χ2v) is 8.65. The lowest BCUT2D eigenvalue weighted by Crippen LogP contribution is -2.37. The van der Waals surface area contributed by atoms with Crippen LogP contribution in [-0.2, 0) is 22.5 Å². The molecule has 3 aromatic rings. The van der Waals surface area contributed by atoms with E-state index in [1.807, 2.05) is 35.2 Å². The van der Waals surface area contributed by atoms with Crippen LogP contribution in [0.2, 0.25) is 0 Å². The van der Waals surface area contributed by atoms with Gasteiger partial charge in [-0.25, -0.2) is 0 Å². The fourth-order valence-corrected chi connectivity index (χ4v) is 5.01. The minimum atomic E-state index is -0.00116. The summed E-state index contributed by atoms with van der Waals surface area (Å²) < 4.78 is 13.1. The monoisotopic (exact) mass is 436 g/mol. The Hall–Kier alpha value is -3.07. The second kappa shape index (κ2) is 8.82. The summed E-state index contributed by atoms with van der Waals surface area (Å²) >= 11 is 0. The zero-order valence-electron chi connectivity index (χ0n) is 18.3. The molecule has 2 fully saturated rings. The summed E-state index contributed by atoms with van der Waals surface area (Å²) in [5.74, 6) is 2.30. The smallest absolute Gasteiger partial charge is 0.227 e. The number of benzene rings is 1. The Balaban J connectivity index is 1.27. The first-order chi connectivity index (χ1) is 15.7. The number of nitrogens with zero attached hydrogens (tertiary/aromatic N) is 6. The lowest BCUT2D eigenvalue weighted by Gasteiger charge is -2.37. The van der Waals surface area contributed by atoms with Crippen LogP contribution < -0.4 is 0 Å². The first-order valence-electron chi connectivity index (χ1n) is 11.3. The van der Waals surface area contributed by atoms with Gasteiger partial charge in [0.05, 0.1) is 0 Å². The molecule has 4 heterocycles. The lowest BCUT2D eigenvalue weighted by atomic mass is 9.71. The number of hydrogen-bond donors (Lipinski definition) is 0. The molecule has 9 nitrogen and oxygen atoms in total. The summed E-state index contributed by atoms with van der Waals surface area (Å²) in [6.07, 6.45) is 4.42. The van der Waals surface area contributed by atoms with Gasteiger partial charge in [0.25, 0.3) is 0 Å². The molecule has 9 heteroatoms. The number of aromatic nitrogens is 5. The van der Waals surface area contributed by atoms with E-state index < -0.39 is 0 Å². The van der Waals surface area contributed by atoms with E-state index in [4.69, 9.17) is 9.26 Å². The highest BCUT2D eigenvalue weighted by atomic mass is 16.5. The van der Waals surface area contributed by atoms with Crippen molar-refractivity contribution in [3.63, 3.8) is 0 Å². The highest BCUT2D eigenvalue weighted by Crippen LogP contribution is 2.49. The van der Waals surface area contributed by atoms with Crippen molar-refractivity contribution in [1.29, 1.82) is 0 Å². The van der Waals surface area contributed by atoms with Gasteiger partial charge in [-0.3, -0.25) is 4.79 Å². The van der Waals surface area contributed by atoms with Crippen molar-refractivity contribution in [2.45, 2.75) is 45.1 Å². The van der Waals surface area contributed by atoms with Crippen LogP contribution in [0.15, 0.2) is 41.2 Å². The molecule has 2 aliphatic rings. The number of aryl methyl sites for hydroxylation is 2. The van der Waals surface area contributed by atoms with Crippen LogP contribution in [0, 0.1) is 5.41 Å². The van der Waals surface area contributed by atoms with Crippen molar-refractivity contribution < 1.29 is 14.1 Å². The number of amides is 1. The molecule has 1 unspecified atom stereocenters. The first-order valence-corrected chi connectivity index (χ1v) is 11.3. The van der Waals surface area contributed by atoms with E-state index >= 15 is 0 Å². The molecule has 0 saturated carbocycles. The summed E-state index contributed by atoms with van der Waals surface area (Å²) in [6.45, 7) is 5.76. The third kappa shape index (κ3) is 3.92. The van der Waals surface area contributed by atoms with Gasteiger partial charge in [-0.05, 0) is 19.8 Å². The van der Waals surface area contributed by atoms with E-state index in [9.17, 15) is 4.79 Å². The van der Waals surface area contributed by atoms with E-state index in [2.05, 4.69) is 31.8 Å². The van der Waals surface area contributed by atoms with E-state index in [-0.39, 0.29) is 17.2 Å². The molecule has 1 aromatic carbocycles. The SMILES string of the molecule is CCn1cnnc1C1CN(C(=O)CCc2nc(-c3ccccc3)no2)CC12CCOCC2. The Kier molecular flexibility index (Phi) is 5.73. The van der Waals surface area contributed by atoms with Gasteiger partial charge in [-0.15, -0.1) is 10.2 Å². The van der Waals surface area contributed by atoms with Crippen LogP contribution in [0.25, 0.3) is 11.4 Å². The summed E-state index contributed by atoms with van der Waals surface area (Å²) in [4.78, 5) is 19.6. The number of carbonyl (C=O) groups excluding carboxylic acids is 1. The minimum Gasteiger partial charge on any atom is -0.381 e. The predicted octanol–water partition coefficient (Wildman–Crippen LogP) is 2.70. The maximum atomic E-state index is 13.2. The fourth-order valence-electron chi connectivity index (χ4n) is 5.01. The number of ether oxygens (including phenoxy) is 1. The Morgan fingerprint density at radius 3 is 2.81 bits per heavy atom. The molecule has 0 N–H and O–H groups in total. The Labute approximate surface area is 186 Å². The molecular weight excluding hydrogens is 408 g/mol. The first kappa shape index (κ1) is 20.8. The summed E-state index contributed by atoms with van der Waals surface area (Å²) in [5.41, 5.74) is 0.899. The van der Waals surface area contributed by atoms with Crippen molar-refractivity contribution in [1.82, 2.24) is 29.8 Å². The molecule has 5 rings (SSSR count). The lowest BCUT2D eigenvalue weighted by molar-refractivity contribution is -0.131. The third-order valence-electron chi connectivity index (χ3n) is 6.84. The fraction of sp³-hybridized carbons (Fsp3) is 0.522. The molecular formula is C23H28N6O3. The molecule has 168 valence electrons. The van der Waals surface area contributed by atoms with E-state index in [1.165, 1.54) is 0 Å². The highest BCUT2D eigenvalue weighted by Gasteiger charge is 2.50. The predicted molar refractivity (Wildman–Crippen MR) is 116 cm³/mol. The average Bonchev–Trinajstić information content (AvgIpc) is 3.57. The molecule has 0 radical (unpaired) electrons. The van der Waals surface area contributed by atoms with Gasteiger partial charge in [-0.1, -0.05) is 35.5 Å². The van der Waals surface area contributed by atoms with Crippen LogP contribution in [-0.4, -0.2) is 62.0 Å². The number of rotatable bonds is 6. The molecule has 2 aromatic heterocycles. The maximum Gasteiger partial charge on any atom is 0.227 e. The van der Waals surface area contributed by atoms with E-state index in [1.54, 1.807) is 6.33 Å². The molecule has 1 atom stereocenters. The van der Waals surface area contributed by atoms with Crippen LogP contribution in [0.5, 0.6) is 0 Å². The summed E-state index contributed by atoms with van der Waals surface area (Å²) in [5, 5.41) is 12.6. The normalized spacial score (nSPS) is 20.2. The van der Waals surface area contributed by atoms with Gasteiger partial charge in [-0.2, -0.15) is 4.98 Å². The number of likely N-dealkylation sites (tertiary alicyclic amines) is 1. The van der Waals surface area contributed by atoms with Crippen molar-refractivity contribution in [3.8, 4) is 11.4 Å². The van der Waals surface area contributed by atoms with Crippen LogP contribution in [0.3, 0.4) is 0 Å². The Bertz CT molecular complexity index is 1060. The molecule has 0 bridgehead atoms. The third-order valence-corrected chi connectivity index (χ3v) is 6.84. The topological polar surface area (TPSA) is 99.2 Å². The van der Waals surface area contributed by atoms with Crippen molar-refractivity contribution in [3.05, 3.63) is 48.4 Å². The summed E-state index contributed by atoms with van der Waals surface area (Å²) in [6, 6.07) is 9.69.